The van der Waals surface area contributed by atoms with Crippen LogP contribution in [0.1, 0.15) is 82.8 Å². The fourth-order valence-corrected chi connectivity index (χ4v) is 2.68. The molecule has 2 nitrogen and oxygen atoms in total. The smallest absolute Gasteiger partial charge is 0.206 e. The Morgan fingerprint density at radius 2 is 1.62 bits per heavy atom. The van der Waals surface area contributed by atoms with E-state index in [1.54, 1.807) is 0 Å². The van der Waals surface area contributed by atoms with Crippen LogP contribution in [0.2, 0.25) is 0 Å². The molecule has 0 amide bonds. The third-order valence-corrected chi connectivity index (χ3v) is 5.30. The lowest BCUT2D eigenvalue weighted by Crippen LogP contribution is -2.21. The molecule has 1 atom stereocenters. The van der Waals surface area contributed by atoms with Gasteiger partial charge in [0.2, 0.25) is 5.78 Å². The van der Waals surface area contributed by atoms with Gasteiger partial charge in [-0.15, -0.1) is 0 Å². The Balaban J connectivity index is 2.71. The van der Waals surface area contributed by atoms with Gasteiger partial charge in [0, 0.05) is 5.56 Å². The van der Waals surface area contributed by atoms with Crippen molar-refractivity contribution in [3.63, 3.8) is 0 Å². The van der Waals surface area contributed by atoms with Crippen molar-refractivity contribution >= 4 is 5.78 Å². The van der Waals surface area contributed by atoms with Crippen molar-refractivity contribution in [2.75, 3.05) is 0 Å². The zero-order valence-corrected chi connectivity index (χ0v) is 14.5. The number of benzene rings is 1. The maximum absolute atomic E-state index is 12.4. The highest BCUT2D eigenvalue weighted by Crippen LogP contribution is 2.44. The SMILES string of the molecule is CCC(C)(C)c1cc2c(c(C(C)(C)CC)c1)OC(C)C2=O. The molecule has 0 N–H and O–H groups in total. The summed E-state index contributed by atoms with van der Waals surface area (Å²) in [7, 11) is 0. The number of hydrogen-bond donors (Lipinski definition) is 0. The van der Waals surface area contributed by atoms with E-state index in [0.717, 1.165) is 24.2 Å². The molecule has 0 aromatic heterocycles. The molecule has 2 rings (SSSR count). The average molecular weight is 288 g/mol. The van der Waals surface area contributed by atoms with Gasteiger partial charge < -0.3 is 4.74 Å². The molecular formula is C19H28O2. The lowest BCUT2D eigenvalue weighted by molar-refractivity contribution is 0.0877. The van der Waals surface area contributed by atoms with E-state index in [1.807, 2.05) is 6.92 Å². The van der Waals surface area contributed by atoms with Crippen molar-refractivity contribution < 1.29 is 9.53 Å². The summed E-state index contributed by atoms with van der Waals surface area (Å²) in [5.41, 5.74) is 3.27. The third kappa shape index (κ3) is 2.61. The second kappa shape index (κ2) is 5.15. The lowest BCUT2D eigenvalue weighted by atomic mass is 9.75. The van der Waals surface area contributed by atoms with Gasteiger partial charge in [0.05, 0.1) is 5.56 Å². The van der Waals surface area contributed by atoms with Gasteiger partial charge >= 0.3 is 0 Å². The molecule has 1 aliphatic rings. The van der Waals surface area contributed by atoms with Crippen molar-refractivity contribution in [2.24, 2.45) is 0 Å². The van der Waals surface area contributed by atoms with E-state index in [2.05, 4.69) is 53.7 Å². The van der Waals surface area contributed by atoms with Crippen molar-refractivity contribution in [2.45, 2.75) is 78.2 Å². The Labute approximate surface area is 128 Å². The van der Waals surface area contributed by atoms with Crippen LogP contribution in [-0.4, -0.2) is 11.9 Å². The van der Waals surface area contributed by atoms with Gasteiger partial charge in [0.1, 0.15) is 5.75 Å². The molecule has 1 aliphatic heterocycles. The van der Waals surface area contributed by atoms with Crippen molar-refractivity contribution in [3.8, 4) is 5.75 Å². The number of Topliss-reactive ketones (excluding diaryl/α,β-unsaturated/α-hetero) is 1. The first-order chi connectivity index (χ1) is 9.64. The van der Waals surface area contributed by atoms with Crippen LogP contribution in [0, 0.1) is 0 Å². The Bertz CT molecular complexity index is 567. The predicted molar refractivity (Wildman–Crippen MR) is 87.5 cm³/mol. The summed E-state index contributed by atoms with van der Waals surface area (Å²) in [5.74, 6) is 0.932. The molecule has 21 heavy (non-hydrogen) atoms. The number of ketones is 1. The second-order valence-corrected chi connectivity index (χ2v) is 7.50. The van der Waals surface area contributed by atoms with Gasteiger partial charge in [-0.3, -0.25) is 4.79 Å². The van der Waals surface area contributed by atoms with E-state index >= 15 is 0 Å². The van der Waals surface area contributed by atoms with Gasteiger partial charge in [-0.2, -0.15) is 0 Å². The molecule has 1 unspecified atom stereocenters. The minimum absolute atomic E-state index is 0.00819. The quantitative estimate of drug-likeness (QED) is 0.777. The topological polar surface area (TPSA) is 26.3 Å². The van der Waals surface area contributed by atoms with E-state index in [4.69, 9.17) is 4.74 Å². The van der Waals surface area contributed by atoms with Gasteiger partial charge in [-0.05, 0) is 42.2 Å². The molecule has 1 aromatic carbocycles. The summed E-state index contributed by atoms with van der Waals surface area (Å²) in [4.78, 5) is 12.4. The van der Waals surface area contributed by atoms with E-state index in [1.165, 1.54) is 11.1 Å². The molecule has 0 saturated heterocycles. The molecule has 0 aliphatic carbocycles. The highest BCUT2D eigenvalue weighted by Gasteiger charge is 2.36. The summed E-state index contributed by atoms with van der Waals surface area (Å²) in [5, 5.41) is 0. The minimum atomic E-state index is -0.355. The van der Waals surface area contributed by atoms with Crippen LogP contribution >= 0.6 is 0 Å². The second-order valence-electron chi connectivity index (χ2n) is 7.50. The van der Waals surface area contributed by atoms with Crippen molar-refractivity contribution in [1.29, 1.82) is 0 Å². The van der Waals surface area contributed by atoms with Crippen LogP contribution in [0.15, 0.2) is 12.1 Å². The average Bonchev–Trinajstić information content (AvgIpc) is 2.73. The van der Waals surface area contributed by atoms with Gasteiger partial charge in [-0.25, -0.2) is 0 Å². The fourth-order valence-electron chi connectivity index (χ4n) is 2.68. The molecular weight excluding hydrogens is 260 g/mol. The van der Waals surface area contributed by atoms with E-state index in [0.29, 0.717) is 0 Å². The summed E-state index contributed by atoms with van der Waals surface area (Å²) < 4.78 is 5.89. The van der Waals surface area contributed by atoms with Crippen LogP contribution in [0.25, 0.3) is 0 Å². The van der Waals surface area contributed by atoms with E-state index in [9.17, 15) is 4.79 Å². The van der Waals surface area contributed by atoms with E-state index < -0.39 is 0 Å². The first-order valence-electron chi connectivity index (χ1n) is 8.04. The first kappa shape index (κ1) is 16.1. The van der Waals surface area contributed by atoms with Crippen LogP contribution in [0.5, 0.6) is 5.75 Å². The van der Waals surface area contributed by atoms with Crippen LogP contribution in [0.3, 0.4) is 0 Å². The Hall–Kier alpha value is -1.31. The molecule has 2 heteroatoms. The molecule has 1 aromatic rings. The standard InChI is InChI=1S/C19H28O2/c1-8-18(4,5)13-10-14-16(20)12(3)21-17(14)15(11-13)19(6,7)9-2/h10-12H,8-9H2,1-7H3. The largest absolute Gasteiger partial charge is 0.481 e. The zero-order valence-electron chi connectivity index (χ0n) is 14.5. The molecule has 0 fully saturated rings. The number of carbonyl (C=O) groups is 1. The molecule has 0 radical (unpaired) electrons. The molecule has 0 bridgehead atoms. The number of rotatable bonds is 4. The lowest BCUT2D eigenvalue weighted by Gasteiger charge is -2.30. The highest BCUT2D eigenvalue weighted by molar-refractivity contribution is 6.05. The Morgan fingerprint density at radius 1 is 1.05 bits per heavy atom. The number of hydrogen-bond acceptors (Lipinski definition) is 2. The number of fused-ring (bicyclic) bond motifs is 1. The Morgan fingerprint density at radius 3 is 2.14 bits per heavy atom. The Kier molecular flexibility index (Phi) is 3.94. The molecule has 1 heterocycles. The van der Waals surface area contributed by atoms with E-state index in [-0.39, 0.29) is 22.7 Å². The van der Waals surface area contributed by atoms with Crippen molar-refractivity contribution in [3.05, 3.63) is 28.8 Å². The molecule has 0 saturated carbocycles. The maximum atomic E-state index is 12.4. The highest BCUT2D eigenvalue weighted by atomic mass is 16.5. The zero-order chi connectivity index (χ0) is 16.0. The fraction of sp³-hybridized carbons (Fsp3) is 0.632. The number of ether oxygens (including phenoxy) is 1. The summed E-state index contributed by atoms with van der Waals surface area (Å²) in [6.07, 6.45) is 1.70. The van der Waals surface area contributed by atoms with Crippen LogP contribution in [-0.2, 0) is 10.8 Å². The summed E-state index contributed by atoms with van der Waals surface area (Å²) in [6, 6.07) is 4.32. The normalized spacial score (nSPS) is 18.6. The minimum Gasteiger partial charge on any atom is -0.481 e. The van der Waals surface area contributed by atoms with Gasteiger partial charge in [0.15, 0.2) is 6.10 Å². The van der Waals surface area contributed by atoms with Crippen molar-refractivity contribution in [1.82, 2.24) is 0 Å². The molecule has 0 spiro atoms. The molecule has 116 valence electrons. The third-order valence-electron chi connectivity index (χ3n) is 5.30. The first-order valence-corrected chi connectivity index (χ1v) is 8.04. The van der Waals surface area contributed by atoms with Crippen LogP contribution in [0.4, 0.5) is 0 Å². The van der Waals surface area contributed by atoms with Gasteiger partial charge in [-0.1, -0.05) is 47.6 Å². The number of carbonyl (C=O) groups excluding carboxylic acids is 1. The van der Waals surface area contributed by atoms with Gasteiger partial charge in [0.25, 0.3) is 0 Å². The van der Waals surface area contributed by atoms with Crippen LogP contribution < -0.4 is 4.74 Å². The summed E-state index contributed by atoms with van der Waals surface area (Å²) >= 11 is 0. The predicted octanol–water partition coefficient (Wildman–Crippen LogP) is 5.03. The monoisotopic (exact) mass is 288 g/mol. The summed E-state index contributed by atoms with van der Waals surface area (Å²) in [6.45, 7) is 15.1. The maximum Gasteiger partial charge on any atom is 0.206 e.